The number of esters is 1. The number of allylic oxidation sites excluding steroid dienone is 1. The van der Waals surface area contributed by atoms with Crippen LogP contribution in [0.3, 0.4) is 0 Å². The van der Waals surface area contributed by atoms with Crippen molar-refractivity contribution in [2.24, 2.45) is 0 Å². The number of carbonyl (C=O) groups is 1. The minimum absolute atomic E-state index is 0.291. The Morgan fingerprint density at radius 3 is 2.56 bits per heavy atom. The topological polar surface area (TPSA) is 69.0 Å². The molecule has 4 rings (SSSR count). The number of rotatable bonds is 3. The smallest absolute Gasteiger partial charge is 0.338 e. The molecule has 6 nitrogen and oxygen atoms in total. The molecule has 1 aliphatic heterocycles. The van der Waals surface area contributed by atoms with E-state index in [1.165, 1.54) is 17.9 Å². The summed E-state index contributed by atoms with van der Waals surface area (Å²) in [6.45, 7) is 1.74. The molecule has 0 bridgehead atoms. The third-order valence-corrected chi connectivity index (χ3v) is 4.49. The first-order chi connectivity index (χ1) is 13.1. The number of aromatic nitrogens is 3. The lowest BCUT2D eigenvalue weighted by Crippen LogP contribution is -2.29. The van der Waals surface area contributed by atoms with Crippen LogP contribution in [-0.4, -0.2) is 27.8 Å². The van der Waals surface area contributed by atoms with Crippen molar-refractivity contribution in [1.29, 1.82) is 0 Å². The Bertz CT molecular complexity index is 1040. The van der Waals surface area contributed by atoms with Gasteiger partial charge in [-0.3, -0.25) is 0 Å². The molecule has 0 radical (unpaired) electrons. The Balaban J connectivity index is 1.92. The summed E-state index contributed by atoms with van der Waals surface area (Å²) in [4.78, 5) is 17.0. The average Bonchev–Trinajstić information content (AvgIpc) is 3.11. The van der Waals surface area contributed by atoms with Gasteiger partial charge in [-0.2, -0.15) is 4.98 Å². The van der Waals surface area contributed by atoms with E-state index in [-0.39, 0.29) is 0 Å². The van der Waals surface area contributed by atoms with Crippen molar-refractivity contribution in [3.63, 3.8) is 0 Å². The standard InChI is InChI=1S/C20H17FN4O2/c1-12-16(19(26)27-2)17(14-10-6-7-11-15(14)21)25-20(22-12)23-18(24-25)13-8-4-3-5-9-13/h3-11,17H,1-2H3,(H,22,23,24). The zero-order valence-electron chi connectivity index (χ0n) is 14.8. The molecule has 7 heteroatoms. The third kappa shape index (κ3) is 2.87. The molecule has 1 atom stereocenters. The molecule has 1 aromatic heterocycles. The predicted octanol–water partition coefficient (Wildman–Crippen LogP) is 3.55. The summed E-state index contributed by atoms with van der Waals surface area (Å²) >= 11 is 0. The number of fused-ring (bicyclic) bond motifs is 1. The number of halogens is 1. The van der Waals surface area contributed by atoms with E-state index < -0.39 is 17.8 Å². The molecule has 3 aromatic rings. The highest BCUT2D eigenvalue weighted by atomic mass is 19.1. The van der Waals surface area contributed by atoms with Gasteiger partial charge in [-0.15, -0.1) is 5.10 Å². The highest BCUT2D eigenvalue weighted by Crippen LogP contribution is 2.37. The Hall–Kier alpha value is -3.48. The van der Waals surface area contributed by atoms with Crippen LogP contribution in [0.4, 0.5) is 10.3 Å². The molecule has 2 aromatic carbocycles. The molecule has 1 aliphatic rings. The summed E-state index contributed by atoms with van der Waals surface area (Å²) in [5, 5.41) is 7.64. The van der Waals surface area contributed by atoms with Crippen LogP contribution in [0.2, 0.25) is 0 Å². The van der Waals surface area contributed by atoms with Gasteiger partial charge < -0.3 is 10.1 Å². The van der Waals surface area contributed by atoms with Crippen molar-refractivity contribution in [1.82, 2.24) is 14.8 Å². The van der Waals surface area contributed by atoms with Gasteiger partial charge in [0.1, 0.15) is 11.9 Å². The van der Waals surface area contributed by atoms with Crippen molar-refractivity contribution >= 4 is 11.9 Å². The summed E-state index contributed by atoms with van der Waals surface area (Å²) in [5.41, 5.74) is 1.99. The number of methoxy groups -OCH3 is 1. The van der Waals surface area contributed by atoms with Crippen molar-refractivity contribution < 1.29 is 13.9 Å². The number of nitrogens with zero attached hydrogens (tertiary/aromatic N) is 3. The van der Waals surface area contributed by atoms with Crippen molar-refractivity contribution in [2.75, 3.05) is 12.4 Å². The van der Waals surface area contributed by atoms with Crippen molar-refractivity contribution in [3.05, 3.63) is 77.2 Å². The SMILES string of the molecule is COC(=O)C1=C(C)Nc2nc(-c3ccccc3)nn2C1c1ccccc1F. The van der Waals surface area contributed by atoms with Crippen LogP contribution in [0.5, 0.6) is 0 Å². The van der Waals surface area contributed by atoms with Crippen LogP contribution in [0.25, 0.3) is 11.4 Å². The second-order valence-corrected chi connectivity index (χ2v) is 6.15. The van der Waals surface area contributed by atoms with Crippen molar-refractivity contribution in [3.8, 4) is 11.4 Å². The summed E-state index contributed by atoms with van der Waals surface area (Å²) in [5.74, 6) is -0.0532. The fraction of sp³-hybridized carbons (Fsp3) is 0.150. The zero-order chi connectivity index (χ0) is 19.0. The summed E-state index contributed by atoms with van der Waals surface area (Å²) in [6.07, 6.45) is 0. The summed E-state index contributed by atoms with van der Waals surface area (Å²) in [6, 6.07) is 15.0. The van der Waals surface area contributed by atoms with Gasteiger partial charge in [0.25, 0.3) is 0 Å². The van der Waals surface area contributed by atoms with E-state index in [1.54, 1.807) is 25.1 Å². The number of ether oxygens (including phenoxy) is 1. The third-order valence-electron chi connectivity index (χ3n) is 4.49. The van der Waals surface area contributed by atoms with Gasteiger partial charge >= 0.3 is 5.97 Å². The van der Waals surface area contributed by atoms with Crippen LogP contribution >= 0.6 is 0 Å². The molecule has 0 fully saturated rings. The molecular formula is C20H17FN4O2. The van der Waals surface area contributed by atoms with Gasteiger partial charge in [-0.05, 0) is 13.0 Å². The fourth-order valence-corrected chi connectivity index (χ4v) is 3.22. The van der Waals surface area contributed by atoms with E-state index in [0.29, 0.717) is 28.6 Å². The highest BCUT2D eigenvalue weighted by molar-refractivity contribution is 5.92. The van der Waals surface area contributed by atoms with E-state index in [2.05, 4.69) is 15.4 Å². The van der Waals surface area contributed by atoms with E-state index in [1.807, 2.05) is 30.3 Å². The Labute approximate surface area is 155 Å². The zero-order valence-corrected chi connectivity index (χ0v) is 14.8. The first-order valence-corrected chi connectivity index (χ1v) is 8.42. The number of anilines is 1. The normalized spacial score (nSPS) is 15.9. The number of hydrogen-bond acceptors (Lipinski definition) is 5. The van der Waals surface area contributed by atoms with Crippen molar-refractivity contribution in [2.45, 2.75) is 13.0 Å². The second-order valence-electron chi connectivity index (χ2n) is 6.15. The number of benzene rings is 2. The number of nitrogens with one attached hydrogen (secondary N) is 1. The number of hydrogen-bond donors (Lipinski definition) is 1. The summed E-state index contributed by atoms with van der Waals surface area (Å²) < 4.78 is 21.1. The largest absolute Gasteiger partial charge is 0.466 e. The fourth-order valence-electron chi connectivity index (χ4n) is 3.22. The molecule has 0 saturated carbocycles. The lowest BCUT2D eigenvalue weighted by molar-refractivity contribution is -0.136. The highest BCUT2D eigenvalue weighted by Gasteiger charge is 2.36. The van der Waals surface area contributed by atoms with E-state index in [4.69, 9.17) is 4.74 Å². The van der Waals surface area contributed by atoms with Gasteiger partial charge in [0.05, 0.1) is 12.7 Å². The Morgan fingerprint density at radius 2 is 1.85 bits per heavy atom. The lowest BCUT2D eigenvalue weighted by Gasteiger charge is -2.28. The first-order valence-electron chi connectivity index (χ1n) is 8.42. The molecule has 0 spiro atoms. The maximum atomic E-state index is 14.6. The van der Waals surface area contributed by atoms with Gasteiger partial charge in [0.2, 0.25) is 5.95 Å². The Kier molecular flexibility index (Phi) is 4.19. The average molecular weight is 364 g/mol. The van der Waals surface area contributed by atoms with Gasteiger partial charge in [-0.25, -0.2) is 13.9 Å². The maximum Gasteiger partial charge on any atom is 0.338 e. The van der Waals surface area contributed by atoms with E-state index in [0.717, 1.165) is 5.56 Å². The first kappa shape index (κ1) is 17.0. The maximum absolute atomic E-state index is 14.6. The van der Waals surface area contributed by atoms with Gasteiger partial charge in [0, 0.05) is 16.8 Å². The molecule has 0 amide bonds. The van der Waals surface area contributed by atoms with Gasteiger partial charge in [0.15, 0.2) is 5.82 Å². The molecule has 27 heavy (non-hydrogen) atoms. The molecule has 0 saturated heterocycles. The Morgan fingerprint density at radius 1 is 1.15 bits per heavy atom. The van der Waals surface area contributed by atoms with Crippen LogP contribution in [0.15, 0.2) is 65.9 Å². The summed E-state index contributed by atoms with van der Waals surface area (Å²) in [7, 11) is 1.30. The molecule has 1 unspecified atom stereocenters. The molecule has 0 aliphatic carbocycles. The quantitative estimate of drug-likeness (QED) is 0.720. The number of carbonyl (C=O) groups excluding carboxylic acids is 1. The molecule has 136 valence electrons. The minimum Gasteiger partial charge on any atom is -0.466 e. The minimum atomic E-state index is -0.778. The second kappa shape index (κ2) is 6.68. The van der Waals surface area contributed by atoms with E-state index in [9.17, 15) is 9.18 Å². The van der Waals surface area contributed by atoms with Crippen LogP contribution in [-0.2, 0) is 9.53 Å². The molecule has 1 N–H and O–H groups in total. The van der Waals surface area contributed by atoms with E-state index >= 15 is 0 Å². The van der Waals surface area contributed by atoms with Crippen LogP contribution in [0.1, 0.15) is 18.5 Å². The van der Waals surface area contributed by atoms with Crippen LogP contribution < -0.4 is 5.32 Å². The predicted molar refractivity (Wildman–Crippen MR) is 98.3 cm³/mol. The molecule has 2 heterocycles. The van der Waals surface area contributed by atoms with Crippen LogP contribution in [0, 0.1) is 5.82 Å². The lowest BCUT2D eigenvalue weighted by atomic mass is 9.95. The monoisotopic (exact) mass is 364 g/mol. The van der Waals surface area contributed by atoms with Gasteiger partial charge in [-0.1, -0.05) is 48.5 Å². The molecular weight excluding hydrogens is 347 g/mol.